The zero-order valence-corrected chi connectivity index (χ0v) is 14.0. The van der Waals surface area contributed by atoms with Gasteiger partial charge in [0.1, 0.15) is 0 Å². The molecule has 0 amide bonds. The first-order chi connectivity index (χ1) is 10.3. The second kappa shape index (κ2) is 8.32. The lowest BCUT2D eigenvalue weighted by molar-refractivity contribution is 0.446. The monoisotopic (exact) mass is 350 g/mol. The maximum atomic E-state index is 5.77. The van der Waals surface area contributed by atoms with Crippen molar-refractivity contribution in [3.8, 4) is 0 Å². The first-order valence-electron chi connectivity index (χ1n) is 7.47. The molecule has 1 unspecified atom stereocenters. The van der Waals surface area contributed by atoms with Crippen molar-refractivity contribution in [2.45, 2.75) is 45.2 Å². The van der Waals surface area contributed by atoms with E-state index in [1.165, 1.54) is 5.56 Å². The number of rotatable bonds is 8. The van der Waals surface area contributed by atoms with Gasteiger partial charge in [0, 0.05) is 6.54 Å². The van der Waals surface area contributed by atoms with Crippen LogP contribution in [0.4, 0.5) is 0 Å². The lowest BCUT2D eigenvalue weighted by Crippen LogP contribution is -2.30. The van der Waals surface area contributed by atoms with Crippen molar-refractivity contribution >= 4 is 15.9 Å². The molecule has 1 heterocycles. The molecule has 0 fully saturated rings. The Kier molecular flexibility index (Phi) is 6.42. The number of nitrogens with two attached hydrogens (primary N) is 1. The lowest BCUT2D eigenvalue weighted by Gasteiger charge is -2.18. The molecule has 0 saturated heterocycles. The maximum Gasteiger partial charge on any atom is 0.0709 e. The van der Waals surface area contributed by atoms with Gasteiger partial charge in [-0.05, 0) is 47.2 Å². The molecule has 0 bridgehead atoms. The Morgan fingerprint density at radius 1 is 1.33 bits per heavy atom. The lowest BCUT2D eigenvalue weighted by atomic mass is 10.0. The van der Waals surface area contributed by atoms with Gasteiger partial charge in [-0.3, -0.25) is 16.0 Å². The van der Waals surface area contributed by atoms with Crippen LogP contribution >= 0.6 is 15.9 Å². The summed E-state index contributed by atoms with van der Waals surface area (Å²) in [6.07, 6.45) is 6.05. The van der Waals surface area contributed by atoms with E-state index in [0.717, 1.165) is 42.4 Å². The molecular weight excluding hydrogens is 328 g/mol. The second-order valence-electron chi connectivity index (χ2n) is 5.20. The van der Waals surface area contributed by atoms with Crippen LogP contribution < -0.4 is 11.3 Å². The number of benzene rings is 1. The predicted molar refractivity (Wildman–Crippen MR) is 89.7 cm³/mol. The molecule has 0 aliphatic rings. The second-order valence-corrected chi connectivity index (χ2v) is 6.05. The van der Waals surface area contributed by atoms with Crippen LogP contribution in [-0.2, 0) is 13.0 Å². The van der Waals surface area contributed by atoms with Crippen LogP contribution in [0.3, 0.4) is 0 Å². The highest BCUT2D eigenvalue weighted by atomic mass is 79.9. The highest BCUT2D eigenvalue weighted by Gasteiger charge is 2.18. The first kappa shape index (κ1) is 16.2. The van der Waals surface area contributed by atoms with Crippen molar-refractivity contribution in [1.82, 2.24) is 15.2 Å². The van der Waals surface area contributed by atoms with Crippen LogP contribution in [0.1, 0.15) is 43.5 Å². The SMILES string of the molecule is CCCn1ncc(Br)c1C(CCCc1ccccc1)NN. The minimum atomic E-state index is 0.122. The molecule has 1 aromatic carbocycles. The molecule has 0 aliphatic carbocycles. The van der Waals surface area contributed by atoms with Gasteiger partial charge in [-0.15, -0.1) is 0 Å². The number of hydrazine groups is 1. The molecule has 21 heavy (non-hydrogen) atoms. The Morgan fingerprint density at radius 2 is 2.10 bits per heavy atom. The van der Waals surface area contributed by atoms with E-state index in [1.54, 1.807) is 0 Å². The van der Waals surface area contributed by atoms with Gasteiger partial charge in [-0.1, -0.05) is 37.3 Å². The average Bonchev–Trinajstić information content (AvgIpc) is 2.86. The van der Waals surface area contributed by atoms with Crippen LogP contribution in [0.25, 0.3) is 0 Å². The summed E-state index contributed by atoms with van der Waals surface area (Å²) in [5.74, 6) is 5.77. The van der Waals surface area contributed by atoms with E-state index in [4.69, 9.17) is 5.84 Å². The van der Waals surface area contributed by atoms with Crippen LogP contribution in [0, 0.1) is 0 Å². The van der Waals surface area contributed by atoms with E-state index in [1.807, 2.05) is 16.9 Å². The molecule has 114 valence electrons. The predicted octanol–water partition coefficient (Wildman–Crippen LogP) is 3.58. The molecule has 5 heteroatoms. The molecule has 0 aliphatic heterocycles. The fourth-order valence-corrected chi connectivity index (χ4v) is 3.13. The maximum absolute atomic E-state index is 5.77. The molecule has 1 aromatic heterocycles. The smallest absolute Gasteiger partial charge is 0.0709 e. The Bertz CT molecular complexity index is 538. The van der Waals surface area contributed by atoms with Gasteiger partial charge in [-0.25, -0.2) is 0 Å². The van der Waals surface area contributed by atoms with Crippen LogP contribution in [0.15, 0.2) is 41.0 Å². The Hall–Kier alpha value is -1.17. The summed E-state index contributed by atoms with van der Waals surface area (Å²) >= 11 is 3.59. The van der Waals surface area contributed by atoms with Crippen molar-refractivity contribution in [2.75, 3.05) is 0 Å². The number of halogens is 1. The van der Waals surface area contributed by atoms with Gasteiger partial charge >= 0.3 is 0 Å². The summed E-state index contributed by atoms with van der Waals surface area (Å²) in [5, 5.41) is 4.41. The van der Waals surface area contributed by atoms with Gasteiger partial charge in [0.2, 0.25) is 0 Å². The standard InChI is InChI=1S/C16H23BrN4/c1-2-11-21-16(14(17)12-19-21)15(20-18)10-6-9-13-7-4-3-5-8-13/h3-5,7-8,12,15,20H,2,6,9-11,18H2,1H3. The minimum absolute atomic E-state index is 0.122. The molecule has 0 saturated carbocycles. The van der Waals surface area contributed by atoms with Gasteiger partial charge in [0.15, 0.2) is 0 Å². The Morgan fingerprint density at radius 3 is 2.76 bits per heavy atom. The number of hydrogen-bond acceptors (Lipinski definition) is 3. The van der Waals surface area contributed by atoms with E-state index < -0.39 is 0 Å². The summed E-state index contributed by atoms with van der Waals surface area (Å²) in [4.78, 5) is 0. The highest BCUT2D eigenvalue weighted by molar-refractivity contribution is 9.10. The van der Waals surface area contributed by atoms with E-state index in [2.05, 4.69) is 57.6 Å². The van der Waals surface area contributed by atoms with Crippen molar-refractivity contribution < 1.29 is 0 Å². The van der Waals surface area contributed by atoms with E-state index in [-0.39, 0.29) is 6.04 Å². The van der Waals surface area contributed by atoms with Crippen LogP contribution in [0.2, 0.25) is 0 Å². The molecular formula is C16H23BrN4. The third-order valence-corrected chi connectivity index (χ3v) is 4.21. The average molecular weight is 351 g/mol. The van der Waals surface area contributed by atoms with Crippen LogP contribution in [-0.4, -0.2) is 9.78 Å². The Balaban J connectivity index is 1.98. The number of nitrogens with one attached hydrogen (secondary N) is 1. The topological polar surface area (TPSA) is 55.9 Å². The van der Waals surface area contributed by atoms with Crippen LogP contribution in [0.5, 0.6) is 0 Å². The van der Waals surface area contributed by atoms with Gasteiger partial charge in [0.05, 0.1) is 22.4 Å². The molecule has 3 N–H and O–H groups in total. The summed E-state index contributed by atoms with van der Waals surface area (Å²) < 4.78 is 3.07. The quantitative estimate of drug-likeness (QED) is 0.565. The summed E-state index contributed by atoms with van der Waals surface area (Å²) in [7, 11) is 0. The molecule has 0 spiro atoms. The van der Waals surface area contributed by atoms with Crippen molar-refractivity contribution in [2.24, 2.45) is 5.84 Å². The number of aryl methyl sites for hydroxylation is 2. The van der Waals surface area contributed by atoms with Crippen molar-refractivity contribution in [3.63, 3.8) is 0 Å². The van der Waals surface area contributed by atoms with Crippen molar-refractivity contribution in [1.29, 1.82) is 0 Å². The largest absolute Gasteiger partial charge is 0.271 e. The molecule has 2 rings (SSSR count). The molecule has 0 radical (unpaired) electrons. The van der Waals surface area contributed by atoms with E-state index in [9.17, 15) is 0 Å². The summed E-state index contributed by atoms with van der Waals surface area (Å²) in [6.45, 7) is 3.07. The fraction of sp³-hybridized carbons (Fsp3) is 0.438. The van der Waals surface area contributed by atoms with Crippen molar-refractivity contribution in [3.05, 3.63) is 52.3 Å². The molecule has 1 atom stereocenters. The zero-order chi connectivity index (χ0) is 15.1. The minimum Gasteiger partial charge on any atom is -0.271 e. The van der Waals surface area contributed by atoms with Gasteiger partial charge < -0.3 is 0 Å². The highest BCUT2D eigenvalue weighted by Crippen LogP contribution is 2.26. The number of nitrogens with zero attached hydrogens (tertiary/aromatic N) is 2. The first-order valence-corrected chi connectivity index (χ1v) is 8.26. The fourth-order valence-electron chi connectivity index (χ4n) is 2.56. The number of hydrogen-bond donors (Lipinski definition) is 2. The number of aromatic nitrogens is 2. The van der Waals surface area contributed by atoms with E-state index in [0.29, 0.717) is 0 Å². The zero-order valence-electron chi connectivity index (χ0n) is 12.4. The Labute approximate surface area is 134 Å². The third-order valence-electron chi connectivity index (χ3n) is 3.60. The normalized spacial score (nSPS) is 12.5. The van der Waals surface area contributed by atoms with E-state index >= 15 is 0 Å². The van der Waals surface area contributed by atoms with Gasteiger partial charge in [-0.2, -0.15) is 5.10 Å². The summed E-state index contributed by atoms with van der Waals surface area (Å²) in [5.41, 5.74) is 5.46. The molecule has 2 aromatic rings. The summed E-state index contributed by atoms with van der Waals surface area (Å²) in [6, 6.07) is 10.7. The van der Waals surface area contributed by atoms with Gasteiger partial charge in [0.25, 0.3) is 0 Å². The third kappa shape index (κ3) is 4.40. The molecule has 4 nitrogen and oxygen atoms in total.